The molecule has 0 radical (unpaired) electrons. The van der Waals surface area contributed by atoms with Gasteiger partial charge in [-0.1, -0.05) is 14.9 Å². The molecular formula is C9H24O3. The van der Waals surface area contributed by atoms with Crippen LogP contribution in [0.1, 0.15) is 28.7 Å². The third-order valence-electron chi connectivity index (χ3n) is 0.935. The maximum absolute atomic E-state index is 8.74. The maximum atomic E-state index is 8.74. The predicted octanol–water partition coefficient (Wildman–Crippen LogP) is 1.69. The fourth-order valence-corrected chi connectivity index (χ4v) is 0.516. The molecule has 0 rings (SSSR count). The highest BCUT2D eigenvalue weighted by molar-refractivity contribution is 4.40. The predicted molar refractivity (Wildman–Crippen MR) is 52.5 cm³/mol. The van der Waals surface area contributed by atoms with Crippen LogP contribution in [0.4, 0.5) is 0 Å². The first-order valence-corrected chi connectivity index (χ1v) is 3.61. The van der Waals surface area contributed by atoms with E-state index in [9.17, 15) is 0 Å². The zero-order valence-corrected chi connectivity index (χ0v) is 6.67. The van der Waals surface area contributed by atoms with Crippen LogP contribution in [0.25, 0.3) is 0 Å². The fourth-order valence-electron chi connectivity index (χ4n) is 0.516. The van der Waals surface area contributed by atoms with Crippen LogP contribution in [0.15, 0.2) is 0 Å². The second-order valence-electron chi connectivity index (χ2n) is 2.12. The molecule has 1 N–H and O–H groups in total. The molecule has 0 spiro atoms. The molecule has 3 nitrogen and oxygen atoms in total. The van der Waals surface area contributed by atoms with Gasteiger partial charge in [0.1, 0.15) is 0 Å². The van der Waals surface area contributed by atoms with E-state index in [1.54, 1.807) is 6.92 Å². The number of aliphatic hydroxyl groups excluding tert-OH is 1. The van der Waals surface area contributed by atoms with Crippen LogP contribution < -0.4 is 0 Å². The van der Waals surface area contributed by atoms with E-state index in [0.717, 1.165) is 6.61 Å². The Bertz CT molecular complexity index is 64.8. The van der Waals surface area contributed by atoms with Gasteiger partial charge < -0.3 is 14.6 Å². The molecule has 12 heavy (non-hydrogen) atoms. The van der Waals surface area contributed by atoms with Crippen molar-refractivity contribution in [3.63, 3.8) is 0 Å². The molecule has 0 amide bonds. The summed E-state index contributed by atoms with van der Waals surface area (Å²) in [5, 5.41) is 8.74. The average molecular weight is 180 g/mol. The number of aliphatic hydroxyl groups is 1. The summed E-state index contributed by atoms with van der Waals surface area (Å²) in [5.74, 6) is 0. The van der Waals surface area contributed by atoms with E-state index in [4.69, 9.17) is 14.6 Å². The van der Waals surface area contributed by atoms with Gasteiger partial charge in [-0.3, -0.25) is 0 Å². The third-order valence-corrected chi connectivity index (χ3v) is 0.935. The molecule has 3 heteroatoms. The molecule has 0 saturated carbocycles. The number of hydrogen-bond donors (Lipinski definition) is 1. The number of hydrogen-bond acceptors (Lipinski definition) is 3. The molecule has 0 aliphatic carbocycles. The van der Waals surface area contributed by atoms with Crippen molar-refractivity contribution < 1.29 is 14.6 Å². The lowest BCUT2D eigenvalue weighted by atomic mass is 10.4. The van der Waals surface area contributed by atoms with Gasteiger partial charge in [0.25, 0.3) is 0 Å². The minimum atomic E-state index is -0.373. The molecule has 0 aliphatic rings. The molecule has 0 heterocycles. The van der Waals surface area contributed by atoms with Crippen molar-refractivity contribution >= 4 is 0 Å². The summed E-state index contributed by atoms with van der Waals surface area (Å²) in [7, 11) is 0. The van der Waals surface area contributed by atoms with Crippen LogP contribution in [0.3, 0.4) is 0 Å². The summed E-state index contributed by atoms with van der Waals surface area (Å²) in [5.41, 5.74) is 0. The Hall–Kier alpha value is -0.120. The highest BCUT2D eigenvalue weighted by Gasteiger charge is 1.93. The van der Waals surface area contributed by atoms with E-state index in [-0.39, 0.29) is 21.0 Å². The highest BCUT2D eigenvalue weighted by Crippen LogP contribution is 1.82. The topological polar surface area (TPSA) is 38.7 Å². The molecule has 0 aromatic rings. The fraction of sp³-hybridized carbons (Fsp3) is 1.00. The van der Waals surface area contributed by atoms with Gasteiger partial charge in [-0.05, 0) is 13.8 Å². The SMILES string of the molecule is C.C.CCOCCOCC(C)O. The Labute approximate surface area is 76.7 Å². The molecule has 0 bridgehead atoms. The minimum absolute atomic E-state index is 0. The number of rotatable bonds is 6. The molecule has 1 unspecified atom stereocenters. The summed E-state index contributed by atoms with van der Waals surface area (Å²) in [6, 6.07) is 0. The van der Waals surface area contributed by atoms with Crippen molar-refractivity contribution in [3.8, 4) is 0 Å². The molecular weight excluding hydrogens is 156 g/mol. The first kappa shape index (κ1) is 17.8. The van der Waals surface area contributed by atoms with Crippen LogP contribution in [0, 0.1) is 0 Å². The standard InChI is InChI=1S/C7H16O3.2CH4/c1-3-9-4-5-10-6-7(2)8;;/h7-8H,3-6H2,1-2H3;2*1H4. The largest absolute Gasteiger partial charge is 0.391 e. The quantitative estimate of drug-likeness (QED) is 0.632. The van der Waals surface area contributed by atoms with Crippen LogP contribution in [0.5, 0.6) is 0 Å². The second kappa shape index (κ2) is 13.5. The molecule has 0 aromatic carbocycles. The molecule has 0 aliphatic heterocycles. The van der Waals surface area contributed by atoms with Crippen LogP contribution in [0.2, 0.25) is 0 Å². The average Bonchev–Trinajstić information content (AvgIpc) is 1.87. The molecule has 78 valence electrons. The first-order valence-electron chi connectivity index (χ1n) is 3.61. The molecule has 0 saturated heterocycles. The highest BCUT2D eigenvalue weighted by atomic mass is 16.5. The van der Waals surface area contributed by atoms with Crippen LogP contribution in [-0.4, -0.2) is 37.6 Å². The minimum Gasteiger partial charge on any atom is -0.391 e. The smallest absolute Gasteiger partial charge is 0.0745 e. The monoisotopic (exact) mass is 180 g/mol. The van der Waals surface area contributed by atoms with E-state index in [1.165, 1.54) is 0 Å². The van der Waals surface area contributed by atoms with Crippen molar-refractivity contribution in [2.45, 2.75) is 34.8 Å². The normalized spacial score (nSPS) is 11.2. The van der Waals surface area contributed by atoms with E-state index in [1.807, 2.05) is 6.92 Å². The van der Waals surface area contributed by atoms with Crippen molar-refractivity contribution in [2.75, 3.05) is 26.4 Å². The lowest BCUT2D eigenvalue weighted by molar-refractivity contribution is 0.0120. The molecule has 1 atom stereocenters. The van der Waals surface area contributed by atoms with E-state index in [0.29, 0.717) is 19.8 Å². The van der Waals surface area contributed by atoms with Gasteiger partial charge in [0.2, 0.25) is 0 Å². The Morgan fingerprint density at radius 2 is 1.67 bits per heavy atom. The van der Waals surface area contributed by atoms with Crippen LogP contribution in [-0.2, 0) is 9.47 Å². The lowest BCUT2D eigenvalue weighted by Crippen LogP contribution is -2.13. The summed E-state index contributed by atoms with van der Waals surface area (Å²) in [6.45, 7) is 5.93. The zero-order valence-electron chi connectivity index (χ0n) is 6.67. The van der Waals surface area contributed by atoms with E-state index in [2.05, 4.69) is 0 Å². The molecule has 0 fully saturated rings. The van der Waals surface area contributed by atoms with E-state index < -0.39 is 0 Å². The Morgan fingerprint density at radius 3 is 2.08 bits per heavy atom. The van der Waals surface area contributed by atoms with Gasteiger partial charge in [0.05, 0.1) is 25.9 Å². The van der Waals surface area contributed by atoms with Gasteiger partial charge in [-0.2, -0.15) is 0 Å². The summed E-state index contributed by atoms with van der Waals surface area (Å²) < 4.78 is 10.0. The second-order valence-corrected chi connectivity index (χ2v) is 2.12. The van der Waals surface area contributed by atoms with Gasteiger partial charge in [-0.15, -0.1) is 0 Å². The number of ether oxygens (including phenoxy) is 2. The summed E-state index contributed by atoms with van der Waals surface area (Å²) >= 11 is 0. The maximum Gasteiger partial charge on any atom is 0.0745 e. The van der Waals surface area contributed by atoms with Gasteiger partial charge in [-0.25, -0.2) is 0 Å². The summed E-state index contributed by atoms with van der Waals surface area (Å²) in [6.07, 6.45) is -0.373. The van der Waals surface area contributed by atoms with Gasteiger partial charge in [0, 0.05) is 6.61 Å². The summed E-state index contributed by atoms with van der Waals surface area (Å²) in [4.78, 5) is 0. The van der Waals surface area contributed by atoms with Gasteiger partial charge >= 0.3 is 0 Å². The van der Waals surface area contributed by atoms with Crippen LogP contribution >= 0.6 is 0 Å². The van der Waals surface area contributed by atoms with Crippen molar-refractivity contribution in [2.24, 2.45) is 0 Å². The van der Waals surface area contributed by atoms with Crippen molar-refractivity contribution in [1.29, 1.82) is 0 Å². The van der Waals surface area contributed by atoms with Crippen molar-refractivity contribution in [3.05, 3.63) is 0 Å². The Kier molecular flexibility index (Phi) is 20.0. The zero-order chi connectivity index (χ0) is 7.82. The van der Waals surface area contributed by atoms with Crippen molar-refractivity contribution in [1.82, 2.24) is 0 Å². The van der Waals surface area contributed by atoms with E-state index >= 15 is 0 Å². The Balaban J connectivity index is -0.000000405. The first-order chi connectivity index (χ1) is 4.77. The van der Waals surface area contributed by atoms with Gasteiger partial charge in [0.15, 0.2) is 0 Å². The third kappa shape index (κ3) is 16.5. The lowest BCUT2D eigenvalue weighted by Gasteiger charge is -2.05. The Morgan fingerprint density at radius 1 is 1.17 bits per heavy atom. The molecule has 0 aromatic heterocycles.